The fourth-order valence-corrected chi connectivity index (χ4v) is 3.96. The fourth-order valence-electron chi connectivity index (χ4n) is 3.96. The first-order chi connectivity index (χ1) is 18.3. The second kappa shape index (κ2) is 10.5. The molecule has 3 heterocycles. The van der Waals surface area contributed by atoms with E-state index in [1.54, 1.807) is 12.0 Å². The van der Waals surface area contributed by atoms with Gasteiger partial charge in [0.25, 0.3) is 11.1 Å². The molecule has 0 aliphatic rings. The number of aryl methyl sites for hydroxylation is 1. The van der Waals surface area contributed by atoms with Gasteiger partial charge in [-0.15, -0.1) is 0 Å². The number of nitrogens with zero attached hydrogens (tertiary/aromatic N) is 4. The highest BCUT2D eigenvalue weighted by Gasteiger charge is 2.37. The number of aromatic amines is 1. The van der Waals surface area contributed by atoms with Gasteiger partial charge in [-0.1, -0.05) is 0 Å². The van der Waals surface area contributed by atoms with Gasteiger partial charge in [0.15, 0.2) is 5.82 Å². The Morgan fingerprint density at radius 2 is 1.72 bits per heavy atom. The summed E-state index contributed by atoms with van der Waals surface area (Å²) in [7, 11) is 0. The summed E-state index contributed by atoms with van der Waals surface area (Å²) in [4.78, 5) is 31.7. The van der Waals surface area contributed by atoms with Crippen LogP contribution in [0.4, 0.5) is 36.4 Å². The first-order valence-corrected chi connectivity index (χ1v) is 11.4. The van der Waals surface area contributed by atoms with E-state index in [9.17, 15) is 40.3 Å². The van der Waals surface area contributed by atoms with Gasteiger partial charge in [0.1, 0.15) is 11.4 Å². The molecule has 0 fully saturated rings. The molecule has 0 unspecified atom stereocenters. The lowest BCUT2D eigenvalue weighted by atomic mass is 10.1. The maximum atomic E-state index is 14.8. The second-order valence-electron chi connectivity index (χ2n) is 8.70. The Labute approximate surface area is 214 Å². The summed E-state index contributed by atoms with van der Waals surface area (Å²) < 4.78 is 94.0. The molecule has 0 amide bonds. The predicted octanol–water partition coefficient (Wildman–Crippen LogP) is 5.00. The highest BCUT2D eigenvalue weighted by molar-refractivity contribution is 5.86. The van der Waals surface area contributed by atoms with E-state index in [0.29, 0.717) is 30.6 Å². The number of nitrogens with one attached hydrogen (secondary N) is 2. The molecule has 0 spiro atoms. The van der Waals surface area contributed by atoms with Crippen molar-refractivity contribution < 1.29 is 30.7 Å². The summed E-state index contributed by atoms with van der Waals surface area (Å²) in [6.45, 7) is 1.76. The summed E-state index contributed by atoms with van der Waals surface area (Å²) in [6, 6.07) is 3.21. The van der Waals surface area contributed by atoms with Gasteiger partial charge in [-0.3, -0.25) is 9.59 Å². The average molecular weight is 556 g/mol. The van der Waals surface area contributed by atoms with E-state index in [1.807, 2.05) is 0 Å². The van der Waals surface area contributed by atoms with Gasteiger partial charge in [-0.05, 0) is 43.4 Å². The van der Waals surface area contributed by atoms with Crippen molar-refractivity contribution in [3.63, 3.8) is 0 Å². The summed E-state index contributed by atoms with van der Waals surface area (Å²) in [5.74, 6) is -1.18. The fraction of sp³-hybridized carbons (Fsp3) is 0.292. The molecule has 15 heteroatoms. The molecule has 39 heavy (non-hydrogen) atoms. The Bertz CT molecular complexity index is 1610. The van der Waals surface area contributed by atoms with Crippen LogP contribution in [-0.2, 0) is 18.9 Å². The number of aromatic nitrogens is 5. The molecule has 0 bridgehead atoms. The van der Waals surface area contributed by atoms with Crippen LogP contribution >= 0.6 is 0 Å². The van der Waals surface area contributed by atoms with Gasteiger partial charge < -0.3 is 9.88 Å². The van der Waals surface area contributed by atoms with Crippen molar-refractivity contribution in [2.24, 2.45) is 0 Å². The topological polar surface area (TPSA) is 106 Å². The monoisotopic (exact) mass is 556 g/mol. The maximum Gasteiger partial charge on any atom is 0.423 e. The highest BCUT2D eigenvalue weighted by Crippen LogP contribution is 2.32. The van der Waals surface area contributed by atoms with Gasteiger partial charge in [-0.2, -0.15) is 31.4 Å². The Balaban J connectivity index is 1.47. The lowest BCUT2D eigenvalue weighted by Crippen LogP contribution is -2.27. The van der Waals surface area contributed by atoms with Gasteiger partial charge in [0, 0.05) is 31.2 Å². The molecule has 1 aromatic carbocycles. The standard InChI is InChI=1S/C24H19F7N6O2/c1-12(35-18-11-34-36-21(38)19(18)24(29,30)31)3-2-5-37-6-4-13-7-16(17(25)8-15(13)22(37)39)20-32-9-14(10-33-20)23(26,27)28/h4,6-12H,2-3,5H2,1H3,(H2,35,36,38)/t12-/m0/s1. The van der Waals surface area contributed by atoms with E-state index < -0.39 is 52.1 Å². The Kier molecular flexibility index (Phi) is 7.44. The smallest absolute Gasteiger partial charge is 0.381 e. The molecular formula is C24H19F7N6O2. The molecule has 3 aromatic heterocycles. The van der Waals surface area contributed by atoms with Crippen LogP contribution < -0.4 is 16.4 Å². The van der Waals surface area contributed by atoms with E-state index in [0.717, 1.165) is 12.3 Å². The van der Waals surface area contributed by atoms with Crippen molar-refractivity contribution >= 4 is 16.5 Å². The number of benzene rings is 1. The molecule has 0 aliphatic heterocycles. The normalized spacial score (nSPS) is 13.0. The van der Waals surface area contributed by atoms with Crippen LogP contribution in [0.1, 0.15) is 30.9 Å². The van der Waals surface area contributed by atoms with Crippen LogP contribution in [0.15, 0.2) is 52.6 Å². The third-order valence-corrected chi connectivity index (χ3v) is 5.86. The van der Waals surface area contributed by atoms with E-state index >= 15 is 0 Å². The molecule has 206 valence electrons. The minimum atomic E-state index is -4.88. The van der Waals surface area contributed by atoms with Crippen molar-refractivity contribution in [2.75, 3.05) is 5.32 Å². The number of hydrogen-bond donors (Lipinski definition) is 2. The molecule has 1 atom stereocenters. The van der Waals surface area contributed by atoms with E-state index in [1.165, 1.54) is 22.9 Å². The van der Waals surface area contributed by atoms with E-state index in [-0.39, 0.29) is 23.3 Å². The molecular weight excluding hydrogens is 537 g/mol. The lowest BCUT2D eigenvalue weighted by Gasteiger charge is -2.18. The van der Waals surface area contributed by atoms with Crippen LogP contribution in [-0.4, -0.2) is 30.8 Å². The number of H-pyrrole nitrogens is 1. The highest BCUT2D eigenvalue weighted by atomic mass is 19.4. The summed E-state index contributed by atoms with van der Waals surface area (Å²) in [5, 5.41) is 8.09. The molecule has 2 N–H and O–H groups in total. The number of fused-ring (bicyclic) bond motifs is 1. The summed E-state index contributed by atoms with van der Waals surface area (Å²) >= 11 is 0. The summed E-state index contributed by atoms with van der Waals surface area (Å²) in [6.07, 6.45) is -5.49. The minimum Gasteiger partial charge on any atom is -0.381 e. The van der Waals surface area contributed by atoms with Crippen molar-refractivity contribution in [3.05, 3.63) is 80.6 Å². The first-order valence-electron chi connectivity index (χ1n) is 11.4. The minimum absolute atomic E-state index is 0.0150. The zero-order chi connectivity index (χ0) is 28.5. The number of rotatable bonds is 7. The zero-order valence-corrected chi connectivity index (χ0v) is 20.0. The Morgan fingerprint density at radius 3 is 2.36 bits per heavy atom. The molecule has 0 saturated carbocycles. The van der Waals surface area contributed by atoms with Crippen LogP contribution in [0.3, 0.4) is 0 Å². The second-order valence-corrected chi connectivity index (χ2v) is 8.70. The lowest BCUT2D eigenvalue weighted by molar-refractivity contribution is -0.139. The van der Waals surface area contributed by atoms with E-state index in [4.69, 9.17) is 0 Å². The zero-order valence-electron chi connectivity index (χ0n) is 20.0. The number of anilines is 1. The van der Waals surface area contributed by atoms with Crippen LogP contribution in [0.5, 0.6) is 0 Å². The first kappa shape index (κ1) is 27.7. The van der Waals surface area contributed by atoms with Gasteiger partial charge >= 0.3 is 12.4 Å². The van der Waals surface area contributed by atoms with Crippen molar-refractivity contribution in [2.45, 2.75) is 44.7 Å². The van der Waals surface area contributed by atoms with Gasteiger partial charge in [0.2, 0.25) is 0 Å². The number of halogens is 7. The molecule has 0 radical (unpaired) electrons. The molecule has 4 aromatic rings. The SMILES string of the molecule is C[C@@H](CCCn1ccc2cc(-c3ncc(C(F)(F)F)cn3)c(F)cc2c1=O)Nc1cn[nH]c(=O)c1C(F)(F)F. The van der Waals surface area contributed by atoms with Crippen molar-refractivity contribution in [1.82, 2.24) is 24.7 Å². The molecule has 0 saturated heterocycles. The van der Waals surface area contributed by atoms with Crippen LogP contribution in [0.25, 0.3) is 22.2 Å². The number of hydrogen-bond acceptors (Lipinski definition) is 6. The molecule has 0 aliphatic carbocycles. The Morgan fingerprint density at radius 1 is 1.03 bits per heavy atom. The summed E-state index contributed by atoms with van der Waals surface area (Å²) in [5.41, 5.74) is -5.04. The number of pyridine rings is 1. The van der Waals surface area contributed by atoms with Crippen LogP contribution in [0, 0.1) is 5.82 Å². The van der Waals surface area contributed by atoms with Gasteiger partial charge in [-0.25, -0.2) is 19.5 Å². The Hall–Kier alpha value is -4.30. The quantitative estimate of drug-likeness (QED) is 0.311. The third-order valence-electron chi connectivity index (χ3n) is 5.86. The maximum absolute atomic E-state index is 14.8. The van der Waals surface area contributed by atoms with Crippen molar-refractivity contribution in [1.29, 1.82) is 0 Å². The van der Waals surface area contributed by atoms with E-state index in [2.05, 4.69) is 20.4 Å². The molecule has 8 nitrogen and oxygen atoms in total. The van der Waals surface area contributed by atoms with Crippen molar-refractivity contribution in [3.8, 4) is 11.4 Å². The average Bonchev–Trinajstić information content (AvgIpc) is 2.84. The predicted molar refractivity (Wildman–Crippen MR) is 126 cm³/mol. The third kappa shape index (κ3) is 6.07. The van der Waals surface area contributed by atoms with Crippen LogP contribution in [0.2, 0.25) is 0 Å². The number of alkyl halides is 6. The largest absolute Gasteiger partial charge is 0.423 e. The van der Waals surface area contributed by atoms with Gasteiger partial charge in [0.05, 0.1) is 28.4 Å². The molecule has 4 rings (SSSR count).